The van der Waals surface area contributed by atoms with E-state index >= 15 is 0 Å². The molecule has 2 heterocycles. The zero-order valence-corrected chi connectivity index (χ0v) is 11.5. The second-order valence-corrected chi connectivity index (χ2v) is 5.11. The Kier molecular flexibility index (Phi) is 3.69. The molecule has 5 heteroatoms. The molecule has 4 nitrogen and oxygen atoms in total. The van der Waals surface area contributed by atoms with E-state index in [1.165, 1.54) is 0 Å². The van der Waals surface area contributed by atoms with E-state index in [1.807, 2.05) is 29.1 Å². The molecule has 0 aliphatic heterocycles. The summed E-state index contributed by atoms with van der Waals surface area (Å²) in [6.45, 7) is 4.20. The van der Waals surface area contributed by atoms with Crippen LogP contribution in [-0.2, 0) is 6.42 Å². The van der Waals surface area contributed by atoms with Gasteiger partial charge in [0.1, 0.15) is 5.76 Å². The Hall–Kier alpha value is -1.07. The van der Waals surface area contributed by atoms with Gasteiger partial charge in [-0.2, -0.15) is 5.10 Å². The SMILES string of the molecule is CC(C)n1ccc(CC(N)c2ccc(Br)o2)n1. The molecule has 0 amide bonds. The number of furan rings is 1. The maximum atomic E-state index is 6.06. The summed E-state index contributed by atoms with van der Waals surface area (Å²) in [5.41, 5.74) is 7.05. The lowest BCUT2D eigenvalue weighted by atomic mass is 10.1. The average Bonchev–Trinajstić information content (AvgIpc) is 2.86. The van der Waals surface area contributed by atoms with Gasteiger partial charge in [-0.3, -0.25) is 4.68 Å². The molecular weight excluding hydrogens is 282 g/mol. The van der Waals surface area contributed by atoms with Crippen LogP contribution in [0.2, 0.25) is 0 Å². The first-order chi connectivity index (χ1) is 8.06. The van der Waals surface area contributed by atoms with E-state index in [9.17, 15) is 0 Å². The fourth-order valence-corrected chi connectivity index (χ4v) is 1.95. The molecule has 2 aromatic heterocycles. The van der Waals surface area contributed by atoms with E-state index < -0.39 is 0 Å². The zero-order valence-electron chi connectivity index (χ0n) is 9.93. The molecular formula is C12H16BrN3O. The molecule has 1 unspecified atom stereocenters. The summed E-state index contributed by atoms with van der Waals surface area (Å²) in [4.78, 5) is 0. The molecule has 0 saturated heterocycles. The van der Waals surface area contributed by atoms with Crippen molar-refractivity contribution in [2.75, 3.05) is 0 Å². The van der Waals surface area contributed by atoms with E-state index in [0.29, 0.717) is 17.1 Å². The van der Waals surface area contributed by atoms with Gasteiger partial charge in [0.05, 0.1) is 11.7 Å². The largest absolute Gasteiger partial charge is 0.453 e. The normalized spacial score (nSPS) is 13.2. The van der Waals surface area contributed by atoms with Gasteiger partial charge in [0.25, 0.3) is 0 Å². The number of hydrogen-bond acceptors (Lipinski definition) is 3. The van der Waals surface area contributed by atoms with E-state index in [0.717, 1.165) is 11.5 Å². The van der Waals surface area contributed by atoms with Crippen LogP contribution in [0.25, 0.3) is 0 Å². The highest BCUT2D eigenvalue weighted by atomic mass is 79.9. The number of halogens is 1. The van der Waals surface area contributed by atoms with Gasteiger partial charge < -0.3 is 10.2 Å². The van der Waals surface area contributed by atoms with E-state index in [4.69, 9.17) is 10.2 Å². The number of hydrogen-bond donors (Lipinski definition) is 1. The molecule has 0 aromatic carbocycles. The quantitative estimate of drug-likeness (QED) is 0.943. The summed E-state index contributed by atoms with van der Waals surface area (Å²) < 4.78 is 8.06. The van der Waals surface area contributed by atoms with E-state index in [2.05, 4.69) is 34.9 Å². The van der Waals surface area contributed by atoms with Crippen LogP contribution < -0.4 is 5.73 Å². The van der Waals surface area contributed by atoms with Crippen LogP contribution in [0.15, 0.2) is 33.5 Å². The third kappa shape index (κ3) is 2.98. The van der Waals surface area contributed by atoms with Crippen LogP contribution in [0, 0.1) is 0 Å². The van der Waals surface area contributed by atoms with Crippen molar-refractivity contribution in [2.24, 2.45) is 5.73 Å². The summed E-state index contributed by atoms with van der Waals surface area (Å²) in [5, 5.41) is 4.47. The van der Waals surface area contributed by atoms with Crippen LogP contribution >= 0.6 is 15.9 Å². The van der Waals surface area contributed by atoms with Gasteiger partial charge in [-0.25, -0.2) is 0 Å². The zero-order chi connectivity index (χ0) is 12.4. The minimum absolute atomic E-state index is 0.156. The van der Waals surface area contributed by atoms with E-state index in [-0.39, 0.29) is 6.04 Å². The highest BCUT2D eigenvalue weighted by Gasteiger charge is 2.13. The molecule has 0 aliphatic rings. The fourth-order valence-electron chi connectivity index (χ4n) is 1.63. The van der Waals surface area contributed by atoms with Gasteiger partial charge in [0.2, 0.25) is 0 Å². The highest BCUT2D eigenvalue weighted by molar-refractivity contribution is 9.10. The molecule has 0 bridgehead atoms. The summed E-state index contributed by atoms with van der Waals surface area (Å²) in [5.74, 6) is 0.774. The Morgan fingerprint density at radius 1 is 1.41 bits per heavy atom. The van der Waals surface area contributed by atoms with Gasteiger partial charge in [-0.05, 0) is 48.0 Å². The molecule has 0 radical (unpaired) electrons. The molecule has 2 rings (SSSR count). The molecule has 0 saturated carbocycles. The maximum absolute atomic E-state index is 6.06. The lowest BCUT2D eigenvalue weighted by Gasteiger charge is -2.07. The van der Waals surface area contributed by atoms with Crippen LogP contribution in [0.4, 0.5) is 0 Å². The summed E-state index contributed by atoms with van der Waals surface area (Å²) >= 11 is 3.27. The first kappa shape index (κ1) is 12.4. The minimum Gasteiger partial charge on any atom is -0.453 e. The molecule has 2 N–H and O–H groups in total. The van der Waals surface area contributed by atoms with Crippen molar-refractivity contribution in [2.45, 2.75) is 32.4 Å². The van der Waals surface area contributed by atoms with Crippen molar-refractivity contribution in [1.82, 2.24) is 9.78 Å². The van der Waals surface area contributed by atoms with Crippen molar-refractivity contribution < 1.29 is 4.42 Å². The standard InChI is InChI=1S/C12H16BrN3O/c1-8(2)16-6-5-9(15-16)7-10(14)11-3-4-12(13)17-11/h3-6,8,10H,7,14H2,1-2H3. The van der Waals surface area contributed by atoms with E-state index in [1.54, 1.807) is 0 Å². The maximum Gasteiger partial charge on any atom is 0.169 e. The molecule has 1 atom stereocenters. The van der Waals surface area contributed by atoms with Crippen molar-refractivity contribution in [3.05, 3.63) is 40.5 Å². The third-order valence-electron chi connectivity index (χ3n) is 2.58. The van der Waals surface area contributed by atoms with Crippen molar-refractivity contribution in [3.8, 4) is 0 Å². The van der Waals surface area contributed by atoms with Crippen LogP contribution in [0.3, 0.4) is 0 Å². The summed E-state index contributed by atoms with van der Waals surface area (Å²) in [7, 11) is 0. The molecule has 0 fully saturated rings. The Morgan fingerprint density at radius 3 is 2.71 bits per heavy atom. The lowest BCUT2D eigenvalue weighted by Crippen LogP contribution is -2.13. The number of nitrogens with two attached hydrogens (primary N) is 1. The second-order valence-electron chi connectivity index (χ2n) is 4.33. The van der Waals surface area contributed by atoms with Gasteiger partial charge in [0.15, 0.2) is 4.67 Å². The third-order valence-corrected chi connectivity index (χ3v) is 3.01. The van der Waals surface area contributed by atoms with Crippen molar-refractivity contribution >= 4 is 15.9 Å². The Labute approximate surface area is 109 Å². The first-order valence-electron chi connectivity index (χ1n) is 5.61. The second kappa shape index (κ2) is 5.06. The van der Waals surface area contributed by atoms with Gasteiger partial charge >= 0.3 is 0 Å². The Morgan fingerprint density at radius 2 is 2.18 bits per heavy atom. The molecule has 0 spiro atoms. The minimum atomic E-state index is -0.156. The molecule has 92 valence electrons. The number of aromatic nitrogens is 2. The Balaban J connectivity index is 2.05. The van der Waals surface area contributed by atoms with Crippen molar-refractivity contribution in [3.63, 3.8) is 0 Å². The lowest BCUT2D eigenvalue weighted by molar-refractivity contribution is 0.444. The predicted molar refractivity (Wildman–Crippen MR) is 69.7 cm³/mol. The number of nitrogens with zero attached hydrogens (tertiary/aromatic N) is 2. The van der Waals surface area contributed by atoms with Gasteiger partial charge in [-0.15, -0.1) is 0 Å². The topological polar surface area (TPSA) is 57.0 Å². The fraction of sp³-hybridized carbons (Fsp3) is 0.417. The molecule has 17 heavy (non-hydrogen) atoms. The van der Waals surface area contributed by atoms with Gasteiger partial charge in [-0.1, -0.05) is 0 Å². The van der Waals surface area contributed by atoms with Gasteiger partial charge in [0, 0.05) is 18.7 Å². The Bertz CT molecular complexity index is 489. The average molecular weight is 298 g/mol. The molecule has 0 aliphatic carbocycles. The molecule has 2 aromatic rings. The monoisotopic (exact) mass is 297 g/mol. The smallest absolute Gasteiger partial charge is 0.169 e. The highest BCUT2D eigenvalue weighted by Crippen LogP contribution is 2.21. The number of rotatable bonds is 4. The van der Waals surface area contributed by atoms with Crippen molar-refractivity contribution in [1.29, 1.82) is 0 Å². The van der Waals surface area contributed by atoms with Crippen LogP contribution in [0.1, 0.15) is 37.4 Å². The first-order valence-corrected chi connectivity index (χ1v) is 6.40. The summed E-state index contributed by atoms with van der Waals surface area (Å²) in [6, 6.07) is 5.95. The summed E-state index contributed by atoms with van der Waals surface area (Å²) in [6.07, 6.45) is 2.66. The van der Waals surface area contributed by atoms with Crippen LogP contribution in [0.5, 0.6) is 0 Å². The van der Waals surface area contributed by atoms with Crippen LogP contribution in [-0.4, -0.2) is 9.78 Å². The predicted octanol–water partition coefficient (Wildman–Crippen LogP) is 3.06.